The van der Waals surface area contributed by atoms with Crippen molar-refractivity contribution in [1.82, 2.24) is 19.6 Å². The van der Waals surface area contributed by atoms with Crippen molar-refractivity contribution in [3.63, 3.8) is 0 Å². The van der Waals surface area contributed by atoms with E-state index in [-0.39, 0.29) is 0 Å². The fourth-order valence-electron chi connectivity index (χ4n) is 3.98. The lowest BCUT2D eigenvalue weighted by atomic mass is 10.1. The predicted octanol–water partition coefficient (Wildman–Crippen LogP) is 4.39. The summed E-state index contributed by atoms with van der Waals surface area (Å²) >= 11 is 0. The number of aromatic nitrogens is 4. The Morgan fingerprint density at radius 3 is 2.55 bits per heavy atom. The predicted molar refractivity (Wildman–Crippen MR) is 116 cm³/mol. The zero-order chi connectivity index (χ0) is 19.5. The average Bonchev–Trinajstić information content (AvgIpc) is 3.28. The zero-order valence-corrected chi connectivity index (χ0v) is 16.3. The smallest absolute Gasteiger partial charge is 0.254 e. The van der Waals surface area contributed by atoms with Crippen LogP contribution >= 0.6 is 0 Å². The SMILES string of the molecule is c1ccc(-c2cc(NCc3ccccc3N3CCCCC3)n3ncnc3n2)cc1. The second kappa shape index (κ2) is 7.91. The van der Waals surface area contributed by atoms with E-state index in [0.717, 1.165) is 36.7 Å². The van der Waals surface area contributed by atoms with Crippen molar-refractivity contribution in [2.75, 3.05) is 23.3 Å². The molecule has 1 N–H and O–H groups in total. The zero-order valence-electron chi connectivity index (χ0n) is 16.3. The van der Waals surface area contributed by atoms with Crippen LogP contribution in [0, 0.1) is 0 Å². The molecule has 0 radical (unpaired) electrons. The van der Waals surface area contributed by atoms with Gasteiger partial charge >= 0.3 is 0 Å². The van der Waals surface area contributed by atoms with Gasteiger partial charge in [-0.25, -0.2) is 4.98 Å². The third kappa shape index (κ3) is 3.66. The van der Waals surface area contributed by atoms with Crippen LogP contribution < -0.4 is 10.2 Å². The van der Waals surface area contributed by atoms with Crippen LogP contribution in [0.5, 0.6) is 0 Å². The van der Waals surface area contributed by atoms with Gasteiger partial charge in [0.05, 0.1) is 5.69 Å². The highest BCUT2D eigenvalue weighted by molar-refractivity contribution is 5.65. The van der Waals surface area contributed by atoms with E-state index in [1.165, 1.54) is 30.5 Å². The molecule has 0 amide bonds. The summed E-state index contributed by atoms with van der Waals surface area (Å²) in [6, 6.07) is 20.9. The quantitative estimate of drug-likeness (QED) is 0.553. The molecule has 0 unspecified atom stereocenters. The highest BCUT2D eigenvalue weighted by Gasteiger charge is 2.15. The number of piperidine rings is 1. The first kappa shape index (κ1) is 17.7. The van der Waals surface area contributed by atoms with Crippen molar-refractivity contribution in [2.24, 2.45) is 0 Å². The van der Waals surface area contributed by atoms with Gasteiger partial charge in [-0.1, -0.05) is 48.5 Å². The fourth-order valence-corrected chi connectivity index (χ4v) is 3.98. The van der Waals surface area contributed by atoms with E-state index in [2.05, 4.69) is 61.7 Å². The number of fused-ring (bicyclic) bond motifs is 1. The number of hydrogen-bond acceptors (Lipinski definition) is 5. The first-order valence-electron chi connectivity index (χ1n) is 10.2. The van der Waals surface area contributed by atoms with Crippen LogP contribution in [0.4, 0.5) is 11.5 Å². The summed E-state index contributed by atoms with van der Waals surface area (Å²) < 4.78 is 1.76. The molecule has 1 fully saturated rings. The molecule has 2 aromatic carbocycles. The second-order valence-electron chi connectivity index (χ2n) is 7.39. The molecule has 146 valence electrons. The summed E-state index contributed by atoms with van der Waals surface area (Å²) in [5.41, 5.74) is 4.57. The Kier molecular flexibility index (Phi) is 4.82. The third-order valence-corrected chi connectivity index (χ3v) is 5.47. The fraction of sp³-hybridized carbons (Fsp3) is 0.261. The maximum absolute atomic E-state index is 4.65. The molecule has 1 saturated heterocycles. The maximum atomic E-state index is 4.65. The van der Waals surface area contributed by atoms with E-state index in [4.69, 9.17) is 0 Å². The highest BCUT2D eigenvalue weighted by Crippen LogP contribution is 2.26. The Morgan fingerprint density at radius 1 is 0.897 bits per heavy atom. The van der Waals surface area contributed by atoms with Gasteiger partial charge in [0.15, 0.2) is 0 Å². The van der Waals surface area contributed by atoms with Crippen molar-refractivity contribution in [3.8, 4) is 11.3 Å². The second-order valence-corrected chi connectivity index (χ2v) is 7.39. The van der Waals surface area contributed by atoms with Crippen molar-refractivity contribution in [2.45, 2.75) is 25.8 Å². The number of nitrogens with zero attached hydrogens (tertiary/aromatic N) is 5. The topological polar surface area (TPSA) is 58.4 Å². The Hall–Kier alpha value is -3.41. The van der Waals surface area contributed by atoms with Gasteiger partial charge in [0, 0.05) is 37.0 Å². The minimum absolute atomic E-state index is 0.596. The molecule has 1 aliphatic heterocycles. The lowest BCUT2D eigenvalue weighted by molar-refractivity contribution is 0.576. The van der Waals surface area contributed by atoms with Crippen molar-refractivity contribution in [1.29, 1.82) is 0 Å². The van der Waals surface area contributed by atoms with Crippen molar-refractivity contribution >= 4 is 17.3 Å². The van der Waals surface area contributed by atoms with Gasteiger partial charge in [-0.2, -0.15) is 14.6 Å². The molecular weight excluding hydrogens is 360 g/mol. The first-order chi connectivity index (χ1) is 14.4. The van der Waals surface area contributed by atoms with Gasteiger partial charge in [0.1, 0.15) is 12.1 Å². The van der Waals surface area contributed by atoms with Crippen LogP contribution in [-0.4, -0.2) is 32.7 Å². The van der Waals surface area contributed by atoms with Crippen LogP contribution in [0.2, 0.25) is 0 Å². The van der Waals surface area contributed by atoms with E-state index in [1.807, 2.05) is 24.3 Å². The van der Waals surface area contributed by atoms with Crippen LogP contribution in [0.25, 0.3) is 17.0 Å². The molecule has 1 aliphatic rings. The molecule has 5 rings (SSSR count). The Bertz CT molecular complexity index is 1100. The molecule has 2 aromatic heterocycles. The van der Waals surface area contributed by atoms with Crippen molar-refractivity contribution < 1.29 is 0 Å². The summed E-state index contributed by atoms with van der Waals surface area (Å²) in [7, 11) is 0. The standard InChI is InChI=1S/C23H24N6/c1-3-9-18(10-4-1)20-15-22(29-23(27-20)25-17-26-29)24-16-19-11-5-6-12-21(19)28-13-7-2-8-14-28/h1,3-6,9-12,15,17,24H,2,7-8,13-14,16H2. The van der Waals surface area contributed by atoms with Crippen LogP contribution in [0.3, 0.4) is 0 Å². The average molecular weight is 384 g/mol. The van der Waals surface area contributed by atoms with Gasteiger partial charge in [0.25, 0.3) is 5.78 Å². The van der Waals surface area contributed by atoms with Crippen molar-refractivity contribution in [3.05, 3.63) is 72.6 Å². The summed E-state index contributed by atoms with van der Waals surface area (Å²) in [5, 5.41) is 7.92. The summed E-state index contributed by atoms with van der Waals surface area (Å²) in [4.78, 5) is 11.5. The van der Waals surface area contributed by atoms with Gasteiger partial charge < -0.3 is 10.2 Å². The van der Waals surface area contributed by atoms with E-state index in [9.17, 15) is 0 Å². The molecule has 6 nitrogen and oxygen atoms in total. The van der Waals surface area contributed by atoms with E-state index < -0.39 is 0 Å². The van der Waals surface area contributed by atoms with Crippen LogP contribution in [0.15, 0.2) is 67.0 Å². The van der Waals surface area contributed by atoms with Gasteiger partial charge in [0.2, 0.25) is 0 Å². The minimum atomic E-state index is 0.596. The molecule has 0 saturated carbocycles. The van der Waals surface area contributed by atoms with Gasteiger partial charge in [-0.05, 0) is 30.9 Å². The maximum Gasteiger partial charge on any atom is 0.254 e. The van der Waals surface area contributed by atoms with Crippen LogP contribution in [-0.2, 0) is 6.54 Å². The van der Waals surface area contributed by atoms with Gasteiger partial charge in [-0.3, -0.25) is 0 Å². The normalized spacial score (nSPS) is 14.3. The molecule has 4 aromatic rings. The number of benzene rings is 2. The molecule has 29 heavy (non-hydrogen) atoms. The molecule has 0 spiro atoms. The third-order valence-electron chi connectivity index (χ3n) is 5.47. The monoisotopic (exact) mass is 384 g/mol. The number of hydrogen-bond donors (Lipinski definition) is 1. The molecule has 6 heteroatoms. The van der Waals surface area contributed by atoms with Crippen LogP contribution in [0.1, 0.15) is 24.8 Å². The lowest BCUT2D eigenvalue weighted by Crippen LogP contribution is -2.30. The summed E-state index contributed by atoms with van der Waals surface area (Å²) in [6.07, 6.45) is 5.42. The highest BCUT2D eigenvalue weighted by atomic mass is 15.3. The Balaban J connectivity index is 1.45. The first-order valence-corrected chi connectivity index (χ1v) is 10.2. The molecule has 0 atom stereocenters. The molecule has 0 aliphatic carbocycles. The van der Waals surface area contributed by atoms with E-state index in [0.29, 0.717) is 5.78 Å². The number of anilines is 2. The molecular formula is C23H24N6. The van der Waals surface area contributed by atoms with E-state index in [1.54, 1.807) is 10.8 Å². The molecule has 3 heterocycles. The lowest BCUT2D eigenvalue weighted by Gasteiger charge is -2.30. The Labute approximate surface area is 170 Å². The number of nitrogens with one attached hydrogen (secondary N) is 1. The molecule has 0 bridgehead atoms. The summed E-state index contributed by atoms with van der Waals surface area (Å²) in [6.45, 7) is 3.00. The minimum Gasteiger partial charge on any atom is -0.371 e. The number of rotatable bonds is 5. The summed E-state index contributed by atoms with van der Waals surface area (Å²) in [5.74, 6) is 1.48. The number of para-hydroxylation sites is 1. The Morgan fingerprint density at radius 2 is 1.69 bits per heavy atom. The largest absolute Gasteiger partial charge is 0.371 e. The van der Waals surface area contributed by atoms with E-state index >= 15 is 0 Å². The van der Waals surface area contributed by atoms with Gasteiger partial charge in [-0.15, -0.1) is 0 Å².